The van der Waals surface area contributed by atoms with Gasteiger partial charge in [0.05, 0.1) is 7.11 Å². The molecule has 0 saturated carbocycles. The van der Waals surface area contributed by atoms with E-state index in [1.165, 1.54) is 5.56 Å². The third kappa shape index (κ3) is 3.37. The van der Waals surface area contributed by atoms with Crippen molar-refractivity contribution in [1.29, 1.82) is 0 Å². The van der Waals surface area contributed by atoms with Crippen LogP contribution in [0, 0.1) is 5.92 Å². The van der Waals surface area contributed by atoms with Crippen LogP contribution in [-0.2, 0) is 4.79 Å². The van der Waals surface area contributed by atoms with Crippen molar-refractivity contribution in [1.82, 2.24) is 0 Å². The molecule has 0 unspecified atom stereocenters. The molecule has 0 aliphatic heterocycles. The summed E-state index contributed by atoms with van der Waals surface area (Å²) in [5.74, 6) is 1.88. The number of carbonyl (C=O) groups is 1. The molecule has 0 aromatic heterocycles. The Morgan fingerprint density at radius 1 is 1.25 bits per heavy atom. The lowest BCUT2D eigenvalue weighted by Gasteiger charge is -2.20. The van der Waals surface area contributed by atoms with Crippen LogP contribution in [0.3, 0.4) is 0 Å². The molecule has 1 aromatic rings. The summed E-state index contributed by atoms with van der Waals surface area (Å²) in [6, 6.07) is 8.14. The lowest BCUT2D eigenvalue weighted by atomic mass is 9.85. The van der Waals surface area contributed by atoms with Crippen molar-refractivity contribution in [2.24, 2.45) is 5.92 Å². The number of benzene rings is 1. The van der Waals surface area contributed by atoms with Crippen LogP contribution in [0.5, 0.6) is 5.75 Å². The SMILES string of the molecule is COc1ccc([C@@H](CCC=O)C(C)C)cc1. The Morgan fingerprint density at radius 2 is 1.88 bits per heavy atom. The average Bonchev–Trinajstić information content (AvgIpc) is 2.30. The van der Waals surface area contributed by atoms with Crippen LogP contribution >= 0.6 is 0 Å². The smallest absolute Gasteiger partial charge is 0.120 e. The van der Waals surface area contributed by atoms with E-state index in [0.29, 0.717) is 18.3 Å². The van der Waals surface area contributed by atoms with E-state index in [1.807, 2.05) is 12.1 Å². The van der Waals surface area contributed by atoms with Crippen molar-refractivity contribution >= 4 is 6.29 Å². The monoisotopic (exact) mass is 220 g/mol. The van der Waals surface area contributed by atoms with Gasteiger partial charge in [-0.1, -0.05) is 26.0 Å². The maximum Gasteiger partial charge on any atom is 0.120 e. The van der Waals surface area contributed by atoms with Gasteiger partial charge in [0.1, 0.15) is 12.0 Å². The first-order chi connectivity index (χ1) is 7.69. The molecule has 1 aromatic carbocycles. The summed E-state index contributed by atoms with van der Waals surface area (Å²) in [4.78, 5) is 10.4. The van der Waals surface area contributed by atoms with Gasteiger partial charge in [-0.15, -0.1) is 0 Å². The highest BCUT2D eigenvalue weighted by Crippen LogP contribution is 2.29. The summed E-state index contributed by atoms with van der Waals surface area (Å²) in [5, 5.41) is 0. The van der Waals surface area contributed by atoms with E-state index in [9.17, 15) is 4.79 Å². The van der Waals surface area contributed by atoms with Crippen LogP contribution in [0.2, 0.25) is 0 Å². The van der Waals surface area contributed by atoms with Crippen molar-refractivity contribution in [3.05, 3.63) is 29.8 Å². The Bertz CT molecular complexity index is 314. The van der Waals surface area contributed by atoms with Gasteiger partial charge >= 0.3 is 0 Å². The van der Waals surface area contributed by atoms with Gasteiger partial charge in [-0.25, -0.2) is 0 Å². The lowest BCUT2D eigenvalue weighted by Crippen LogP contribution is -2.07. The standard InChI is InChI=1S/C14H20O2/c1-11(2)14(5-4-10-15)12-6-8-13(16-3)9-7-12/h6-11,14H,4-5H2,1-3H3/t14-/m0/s1. The van der Waals surface area contributed by atoms with E-state index in [4.69, 9.17) is 4.74 Å². The molecule has 0 N–H and O–H groups in total. The summed E-state index contributed by atoms with van der Waals surface area (Å²) in [5.41, 5.74) is 1.29. The number of hydrogen-bond acceptors (Lipinski definition) is 2. The number of aldehydes is 1. The Balaban J connectivity index is 2.79. The fourth-order valence-corrected chi connectivity index (χ4v) is 1.98. The number of methoxy groups -OCH3 is 1. The number of carbonyl (C=O) groups excluding carboxylic acids is 1. The van der Waals surface area contributed by atoms with Crippen molar-refractivity contribution in [3.63, 3.8) is 0 Å². The van der Waals surface area contributed by atoms with Gasteiger partial charge in [-0.05, 0) is 36.0 Å². The van der Waals surface area contributed by atoms with Gasteiger partial charge in [0.25, 0.3) is 0 Å². The van der Waals surface area contributed by atoms with Crippen LogP contribution in [0.15, 0.2) is 24.3 Å². The van der Waals surface area contributed by atoms with Gasteiger partial charge in [-0.2, -0.15) is 0 Å². The molecule has 1 atom stereocenters. The molecule has 0 bridgehead atoms. The summed E-state index contributed by atoms with van der Waals surface area (Å²) >= 11 is 0. The quantitative estimate of drug-likeness (QED) is 0.687. The predicted octanol–water partition coefficient (Wildman–Crippen LogP) is 3.41. The van der Waals surface area contributed by atoms with Crippen molar-refractivity contribution in [3.8, 4) is 5.75 Å². The van der Waals surface area contributed by atoms with Crippen LogP contribution < -0.4 is 4.74 Å². The van der Waals surface area contributed by atoms with E-state index in [1.54, 1.807) is 7.11 Å². The topological polar surface area (TPSA) is 26.3 Å². The van der Waals surface area contributed by atoms with E-state index < -0.39 is 0 Å². The summed E-state index contributed by atoms with van der Waals surface area (Å²) in [6.45, 7) is 4.39. The van der Waals surface area contributed by atoms with Gasteiger partial charge in [0.2, 0.25) is 0 Å². The first-order valence-corrected chi connectivity index (χ1v) is 5.76. The third-order valence-corrected chi connectivity index (χ3v) is 2.94. The van der Waals surface area contributed by atoms with Gasteiger partial charge < -0.3 is 9.53 Å². The molecular formula is C14H20O2. The molecule has 0 aliphatic carbocycles. The second kappa shape index (κ2) is 6.31. The second-order valence-corrected chi connectivity index (χ2v) is 4.37. The number of hydrogen-bond donors (Lipinski definition) is 0. The fraction of sp³-hybridized carbons (Fsp3) is 0.500. The zero-order chi connectivity index (χ0) is 12.0. The molecule has 0 spiro atoms. The normalized spacial score (nSPS) is 12.5. The maximum atomic E-state index is 10.4. The maximum absolute atomic E-state index is 10.4. The molecule has 0 saturated heterocycles. The Kier molecular flexibility index (Phi) is 5.03. The molecule has 16 heavy (non-hydrogen) atoms. The largest absolute Gasteiger partial charge is 0.497 e. The molecule has 0 radical (unpaired) electrons. The molecule has 0 fully saturated rings. The van der Waals surface area contributed by atoms with Gasteiger partial charge in [-0.3, -0.25) is 0 Å². The van der Waals surface area contributed by atoms with Crippen molar-refractivity contribution in [2.45, 2.75) is 32.6 Å². The van der Waals surface area contributed by atoms with Crippen molar-refractivity contribution in [2.75, 3.05) is 7.11 Å². The highest BCUT2D eigenvalue weighted by molar-refractivity contribution is 5.49. The van der Waals surface area contributed by atoms with E-state index >= 15 is 0 Å². The zero-order valence-electron chi connectivity index (χ0n) is 10.3. The number of rotatable bonds is 6. The summed E-state index contributed by atoms with van der Waals surface area (Å²) in [7, 11) is 1.67. The van der Waals surface area contributed by atoms with E-state index in [2.05, 4.69) is 26.0 Å². The molecule has 1 rings (SSSR count). The second-order valence-electron chi connectivity index (χ2n) is 4.37. The van der Waals surface area contributed by atoms with Crippen LogP contribution in [0.1, 0.15) is 38.2 Å². The van der Waals surface area contributed by atoms with Crippen molar-refractivity contribution < 1.29 is 9.53 Å². The minimum atomic E-state index is 0.455. The summed E-state index contributed by atoms with van der Waals surface area (Å²) < 4.78 is 5.13. The molecule has 0 heterocycles. The average molecular weight is 220 g/mol. The highest BCUT2D eigenvalue weighted by atomic mass is 16.5. The first kappa shape index (κ1) is 12.8. The summed E-state index contributed by atoms with van der Waals surface area (Å²) in [6.07, 6.45) is 2.56. The van der Waals surface area contributed by atoms with Crippen LogP contribution in [0.25, 0.3) is 0 Å². The minimum absolute atomic E-state index is 0.455. The van der Waals surface area contributed by atoms with Gasteiger partial charge in [0, 0.05) is 6.42 Å². The van der Waals surface area contributed by atoms with Gasteiger partial charge in [0.15, 0.2) is 0 Å². The van der Waals surface area contributed by atoms with E-state index in [0.717, 1.165) is 18.5 Å². The predicted molar refractivity (Wildman–Crippen MR) is 65.9 cm³/mol. The Morgan fingerprint density at radius 3 is 2.31 bits per heavy atom. The molecule has 88 valence electrons. The van der Waals surface area contributed by atoms with Crippen LogP contribution in [0.4, 0.5) is 0 Å². The molecular weight excluding hydrogens is 200 g/mol. The Labute approximate surface area is 97.6 Å². The van der Waals surface area contributed by atoms with E-state index in [-0.39, 0.29) is 0 Å². The highest BCUT2D eigenvalue weighted by Gasteiger charge is 2.15. The molecule has 0 amide bonds. The Hall–Kier alpha value is -1.31. The third-order valence-electron chi connectivity index (χ3n) is 2.94. The molecule has 0 aliphatic rings. The fourth-order valence-electron chi connectivity index (χ4n) is 1.98. The molecule has 2 heteroatoms. The first-order valence-electron chi connectivity index (χ1n) is 5.76. The lowest BCUT2D eigenvalue weighted by molar-refractivity contribution is -0.108. The molecule has 2 nitrogen and oxygen atoms in total. The number of ether oxygens (including phenoxy) is 1. The minimum Gasteiger partial charge on any atom is -0.497 e. The van der Waals surface area contributed by atoms with Crippen LogP contribution in [-0.4, -0.2) is 13.4 Å². The zero-order valence-corrected chi connectivity index (χ0v) is 10.3.